The first-order valence-corrected chi connectivity index (χ1v) is 9.20. The molecule has 0 N–H and O–H groups in total. The number of carbonyl (C=O) groups is 1. The number of benzene rings is 1. The van der Waals surface area contributed by atoms with E-state index in [-0.39, 0.29) is 18.0 Å². The van der Waals surface area contributed by atoms with Gasteiger partial charge in [-0.1, -0.05) is 23.5 Å². The average molecular weight is 422 g/mol. The predicted molar refractivity (Wildman–Crippen MR) is 102 cm³/mol. The topological polar surface area (TPSA) is 64.4 Å². The number of hydrogen-bond donors (Lipinski definition) is 0. The third-order valence-electron chi connectivity index (χ3n) is 3.59. The molecule has 0 saturated heterocycles. The van der Waals surface area contributed by atoms with Crippen LogP contribution >= 0.6 is 27.3 Å². The molecule has 3 aromatic rings. The van der Waals surface area contributed by atoms with Gasteiger partial charge in [-0.25, -0.2) is 4.98 Å². The van der Waals surface area contributed by atoms with E-state index in [9.17, 15) is 9.59 Å². The largest absolute Gasteiger partial charge is 0.383 e. The highest BCUT2D eigenvalue weighted by molar-refractivity contribution is 9.10. The quantitative estimate of drug-likeness (QED) is 0.613. The minimum Gasteiger partial charge on any atom is -0.383 e. The van der Waals surface area contributed by atoms with Crippen LogP contribution in [0.3, 0.4) is 0 Å². The highest BCUT2D eigenvalue weighted by atomic mass is 79.9. The van der Waals surface area contributed by atoms with Crippen LogP contribution in [0.2, 0.25) is 0 Å². The van der Waals surface area contributed by atoms with Crippen LogP contribution in [0, 0.1) is 0 Å². The highest BCUT2D eigenvalue weighted by Crippen LogP contribution is 2.28. The summed E-state index contributed by atoms with van der Waals surface area (Å²) in [4.78, 5) is 30.9. The maximum absolute atomic E-state index is 12.8. The standard InChI is InChI=1S/C17H16BrN3O3S/c1-24-9-8-21(17-19-13-4-2-3-5-14(13)25-17)16(23)11-20-10-12(18)6-7-15(20)22/h2-7,10H,8-9,11H2,1H3. The average Bonchev–Trinajstić information content (AvgIpc) is 3.02. The molecule has 0 fully saturated rings. The lowest BCUT2D eigenvalue weighted by Crippen LogP contribution is -2.38. The van der Waals surface area contributed by atoms with Crippen LogP contribution in [0.1, 0.15) is 0 Å². The molecule has 0 radical (unpaired) electrons. The molecule has 0 unspecified atom stereocenters. The Morgan fingerprint density at radius 1 is 1.32 bits per heavy atom. The van der Waals surface area contributed by atoms with Crippen molar-refractivity contribution in [3.63, 3.8) is 0 Å². The van der Waals surface area contributed by atoms with E-state index >= 15 is 0 Å². The number of methoxy groups -OCH3 is 1. The molecular formula is C17H16BrN3O3S. The van der Waals surface area contributed by atoms with E-state index in [1.165, 1.54) is 22.0 Å². The van der Waals surface area contributed by atoms with E-state index in [1.54, 1.807) is 24.3 Å². The van der Waals surface area contributed by atoms with E-state index in [0.29, 0.717) is 18.3 Å². The summed E-state index contributed by atoms with van der Waals surface area (Å²) in [7, 11) is 1.58. The summed E-state index contributed by atoms with van der Waals surface area (Å²) in [6.07, 6.45) is 1.60. The van der Waals surface area contributed by atoms with Gasteiger partial charge >= 0.3 is 0 Å². The number of aromatic nitrogens is 2. The van der Waals surface area contributed by atoms with Gasteiger partial charge in [-0.05, 0) is 34.1 Å². The van der Waals surface area contributed by atoms with E-state index < -0.39 is 0 Å². The number of nitrogens with zero attached hydrogens (tertiary/aromatic N) is 3. The van der Waals surface area contributed by atoms with Gasteiger partial charge in [-0.2, -0.15) is 0 Å². The number of thiazole rings is 1. The molecule has 1 amide bonds. The van der Waals surface area contributed by atoms with Crippen molar-refractivity contribution in [1.82, 2.24) is 9.55 Å². The molecule has 1 aromatic carbocycles. The van der Waals surface area contributed by atoms with Crippen LogP contribution in [0.25, 0.3) is 10.2 Å². The summed E-state index contributed by atoms with van der Waals surface area (Å²) in [6.45, 7) is 0.699. The van der Waals surface area contributed by atoms with Crippen molar-refractivity contribution in [3.05, 3.63) is 57.4 Å². The Kier molecular flexibility index (Phi) is 5.62. The molecule has 0 atom stereocenters. The second-order valence-corrected chi connectivity index (χ2v) is 7.24. The normalized spacial score (nSPS) is 11.0. The van der Waals surface area contributed by atoms with E-state index in [0.717, 1.165) is 14.7 Å². The molecule has 0 aliphatic carbocycles. The lowest BCUT2D eigenvalue weighted by Gasteiger charge is -2.20. The maximum Gasteiger partial charge on any atom is 0.251 e. The van der Waals surface area contributed by atoms with Gasteiger partial charge in [0.1, 0.15) is 6.54 Å². The SMILES string of the molecule is COCCN(C(=O)Cn1cc(Br)ccc1=O)c1nc2ccccc2s1. The van der Waals surface area contributed by atoms with Gasteiger partial charge in [0.2, 0.25) is 5.91 Å². The summed E-state index contributed by atoms with van der Waals surface area (Å²) >= 11 is 4.76. The molecule has 0 spiro atoms. The van der Waals surface area contributed by atoms with Crippen molar-refractivity contribution in [2.75, 3.05) is 25.2 Å². The summed E-state index contributed by atoms with van der Waals surface area (Å²) in [5.41, 5.74) is 0.616. The van der Waals surface area contributed by atoms with Crippen molar-refractivity contribution >= 4 is 48.5 Å². The van der Waals surface area contributed by atoms with Gasteiger partial charge in [0.15, 0.2) is 5.13 Å². The second kappa shape index (κ2) is 7.90. The number of ether oxygens (including phenoxy) is 1. The van der Waals surface area contributed by atoms with Gasteiger partial charge < -0.3 is 9.30 Å². The minimum absolute atomic E-state index is 0.0576. The van der Waals surface area contributed by atoms with Crippen molar-refractivity contribution in [2.45, 2.75) is 6.54 Å². The number of carbonyl (C=O) groups excluding carboxylic acids is 1. The number of para-hydroxylation sites is 1. The number of anilines is 1. The molecule has 130 valence electrons. The lowest BCUT2D eigenvalue weighted by molar-refractivity contribution is -0.119. The first kappa shape index (κ1) is 17.8. The first-order chi connectivity index (χ1) is 12.1. The van der Waals surface area contributed by atoms with Gasteiger partial charge in [-0.3, -0.25) is 14.5 Å². The Balaban J connectivity index is 1.90. The van der Waals surface area contributed by atoms with E-state index in [2.05, 4.69) is 20.9 Å². The van der Waals surface area contributed by atoms with Crippen molar-refractivity contribution in [1.29, 1.82) is 0 Å². The van der Waals surface area contributed by atoms with Crippen molar-refractivity contribution in [2.24, 2.45) is 0 Å². The van der Waals surface area contributed by atoms with Crippen LogP contribution in [0.4, 0.5) is 5.13 Å². The third kappa shape index (κ3) is 4.15. The monoisotopic (exact) mass is 421 g/mol. The number of fused-ring (bicyclic) bond motifs is 1. The molecule has 2 heterocycles. The first-order valence-electron chi connectivity index (χ1n) is 7.59. The molecule has 25 heavy (non-hydrogen) atoms. The molecule has 0 saturated carbocycles. The molecule has 0 bridgehead atoms. The highest BCUT2D eigenvalue weighted by Gasteiger charge is 2.20. The molecule has 0 aliphatic heterocycles. The van der Waals surface area contributed by atoms with Gasteiger partial charge in [0.05, 0.1) is 23.4 Å². The molecular weight excluding hydrogens is 406 g/mol. The fourth-order valence-corrected chi connectivity index (χ4v) is 3.73. The fraction of sp³-hybridized carbons (Fsp3) is 0.235. The maximum atomic E-state index is 12.8. The van der Waals surface area contributed by atoms with Crippen LogP contribution in [-0.2, 0) is 16.1 Å². The molecule has 2 aromatic heterocycles. The zero-order valence-electron chi connectivity index (χ0n) is 13.5. The summed E-state index contributed by atoms with van der Waals surface area (Å²) in [6, 6.07) is 10.8. The lowest BCUT2D eigenvalue weighted by atomic mass is 10.3. The van der Waals surface area contributed by atoms with Gasteiger partial charge in [-0.15, -0.1) is 0 Å². The smallest absolute Gasteiger partial charge is 0.251 e. The zero-order valence-corrected chi connectivity index (χ0v) is 15.9. The van der Waals surface area contributed by atoms with Crippen LogP contribution in [0.15, 0.2) is 51.9 Å². The van der Waals surface area contributed by atoms with Crippen LogP contribution < -0.4 is 10.5 Å². The minimum atomic E-state index is -0.229. The molecule has 6 nitrogen and oxygen atoms in total. The third-order valence-corrected chi connectivity index (χ3v) is 5.12. The Morgan fingerprint density at radius 2 is 2.12 bits per heavy atom. The molecule has 3 rings (SSSR count). The Morgan fingerprint density at radius 3 is 2.88 bits per heavy atom. The molecule has 0 aliphatic rings. The Hall–Kier alpha value is -2.03. The van der Waals surface area contributed by atoms with Crippen molar-refractivity contribution < 1.29 is 9.53 Å². The number of halogens is 1. The van der Waals surface area contributed by atoms with Gasteiger partial charge in [0, 0.05) is 23.8 Å². The number of hydrogen-bond acceptors (Lipinski definition) is 5. The molecule has 8 heteroatoms. The van der Waals surface area contributed by atoms with Gasteiger partial charge in [0.25, 0.3) is 5.56 Å². The van der Waals surface area contributed by atoms with Crippen LogP contribution in [0.5, 0.6) is 0 Å². The van der Waals surface area contributed by atoms with Crippen LogP contribution in [-0.4, -0.2) is 35.7 Å². The summed E-state index contributed by atoms with van der Waals surface area (Å²) in [5, 5.41) is 0.603. The number of rotatable bonds is 6. The Labute approximate surface area is 156 Å². The van der Waals surface area contributed by atoms with E-state index in [4.69, 9.17) is 4.74 Å². The fourth-order valence-electron chi connectivity index (χ4n) is 2.34. The Bertz CT molecular complexity index is 920. The number of amides is 1. The van der Waals surface area contributed by atoms with E-state index in [1.807, 2.05) is 24.3 Å². The summed E-state index contributed by atoms with van der Waals surface area (Å²) in [5.74, 6) is -0.212. The number of pyridine rings is 1. The summed E-state index contributed by atoms with van der Waals surface area (Å²) < 4.78 is 8.24. The van der Waals surface area contributed by atoms with Crippen molar-refractivity contribution in [3.8, 4) is 0 Å². The predicted octanol–water partition coefficient (Wildman–Crippen LogP) is 2.90. The zero-order chi connectivity index (χ0) is 17.8. The second-order valence-electron chi connectivity index (χ2n) is 5.32.